The standard InChI is InChI=1S/C12H18N2O3/c1-12(2,3)13-8-11(15)9-6-4-5-7-10(9)14(16)17/h4-7,11,13,15H,8H2,1-3H3. The summed E-state index contributed by atoms with van der Waals surface area (Å²) in [6.45, 7) is 6.20. The smallest absolute Gasteiger partial charge is 0.275 e. The van der Waals surface area contributed by atoms with Crippen LogP contribution in [0.3, 0.4) is 0 Å². The summed E-state index contributed by atoms with van der Waals surface area (Å²) in [6.07, 6.45) is -0.879. The van der Waals surface area contributed by atoms with E-state index in [9.17, 15) is 15.2 Å². The van der Waals surface area contributed by atoms with E-state index in [1.807, 2.05) is 20.8 Å². The van der Waals surface area contributed by atoms with Crippen molar-refractivity contribution in [1.82, 2.24) is 5.32 Å². The molecule has 0 aliphatic rings. The molecule has 0 aromatic heterocycles. The highest BCUT2D eigenvalue weighted by atomic mass is 16.6. The van der Waals surface area contributed by atoms with Gasteiger partial charge in [-0.25, -0.2) is 0 Å². The quantitative estimate of drug-likeness (QED) is 0.621. The van der Waals surface area contributed by atoms with Gasteiger partial charge in [0.1, 0.15) is 0 Å². The highest BCUT2D eigenvalue weighted by Gasteiger charge is 2.20. The van der Waals surface area contributed by atoms with E-state index in [1.54, 1.807) is 18.2 Å². The summed E-state index contributed by atoms with van der Waals surface area (Å²) in [5.41, 5.74) is 0.162. The van der Waals surface area contributed by atoms with Gasteiger partial charge in [0.25, 0.3) is 5.69 Å². The average molecular weight is 238 g/mol. The first-order valence-electron chi connectivity index (χ1n) is 5.47. The second kappa shape index (κ2) is 5.25. The van der Waals surface area contributed by atoms with Crippen LogP contribution < -0.4 is 5.32 Å². The molecule has 5 nitrogen and oxygen atoms in total. The Hall–Kier alpha value is -1.46. The number of nitrogens with zero attached hydrogens (tertiary/aromatic N) is 1. The predicted molar refractivity (Wildman–Crippen MR) is 65.8 cm³/mol. The third-order valence-electron chi connectivity index (χ3n) is 2.32. The maximum absolute atomic E-state index is 10.8. The third kappa shape index (κ3) is 4.13. The zero-order valence-corrected chi connectivity index (χ0v) is 10.3. The van der Waals surface area contributed by atoms with Crippen LogP contribution in [0.2, 0.25) is 0 Å². The minimum absolute atomic E-state index is 0.0456. The zero-order valence-electron chi connectivity index (χ0n) is 10.3. The maximum Gasteiger partial charge on any atom is 0.275 e. The van der Waals surface area contributed by atoms with Crippen molar-refractivity contribution in [3.8, 4) is 0 Å². The first kappa shape index (κ1) is 13.6. The second-order valence-corrected chi connectivity index (χ2v) is 4.96. The summed E-state index contributed by atoms with van der Waals surface area (Å²) in [5, 5.41) is 23.9. The van der Waals surface area contributed by atoms with Crippen LogP contribution in [0, 0.1) is 10.1 Å². The predicted octanol–water partition coefficient (Wildman–Crippen LogP) is 2.02. The van der Waals surface area contributed by atoms with Crippen molar-refractivity contribution in [2.45, 2.75) is 32.4 Å². The maximum atomic E-state index is 10.8. The summed E-state index contributed by atoms with van der Waals surface area (Å²) in [6, 6.07) is 6.25. The van der Waals surface area contributed by atoms with Gasteiger partial charge in [-0.15, -0.1) is 0 Å². The number of hydrogen-bond donors (Lipinski definition) is 2. The Labute approximate surface area is 101 Å². The topological polar surface area (TPSA) is 75.4 Å². The molecule has 1 unspecified atom stereocenters. The Morgan fingerprint density at radius 3 is 2.53 bits per heavy atom. The van der Waals surface area contributed by atoms with Crippen LogP contribution in [0.15, 0.2) is 24.3 Å². The number of aliphatic hydroxyl groups is 1. The van der Waals surface area contributed by atoms with Crippen molar-refractivity contribution in [2.24, 2.45) is 0 Å². The number of rotatable bonds is 4. The van der Waals surface area contributed by atoms with E-state index in [-0.39, 0.29) is 17.8 Å². The summed E-state index contributed by atoms with van der Waals surface area (Å²) in [4.78, 5) is 10.3. The van der Waals surface area contributed by atoms with Crippen molar-refractivity contribution in [2.75, 3.05) is 6.54 Å². The van der Waals surface area contributed by atoms with Gasteiger partial charge in [-0.1, -0.05) is 12.1 Å². The highest BCUT2D eigenvalue weighted by molar-refractivity contribution is 5.41. The molecule has 0 saturated heterocycles. The average Bonchev–Trinajstić information content (AvgIpc) is 2.25. The lowest BCUT2D eigenvalue weighted by atomic mass is 10.0. The Morgan fingerprint density at radius 1 is 1.41 bits per heavy atom. The molecule has 0 aliphatic carbocycles. The van der Waals surface area contributed by atoms with E-state index in [4.69, 9.17) is 0 Å². The Kier molecular flexibility index (Phi) is 4.20. The van der Waals surface area contributed by atoms with Crippen LogP contribution in [-0.2, 0) is 0 Å². The second-order valence-electron chi connectivity index (χ2n) is 4.96. The van der Waals surface area contributed by atoms with Crippen LogP contribution in [0.25, 0.3) is 0 Å². The lowest BCUT2D eigenvalue weighted by Gasteiger charge is -2.22. The Balaban J connectivity index is 2.82. The van der Waals surface area contributed by atoms with Gasteiger partial charge in [0.15, 0.2) is 0 Å². The van der Waals surface area contributed by atoms with E-state index >= 15 is 0 Å². The molecule has 0 amide bonds. The molecule has 1 atom stereocenters. The molecule has 1 aromatic rings. The van der Waals surface area contributed by atoms with Crippen molar-refractivity contribution in [3.63, 3.8) is 0 Å². The van der Waals surface area contributed by atoms with Crippen molar-refractivity contribution >= 4 is 5.69 Å². The van der Waals surface area contributed by atoms with Gasteiger partial charge in [-0.2, -0.15) is 0 Å². The lowest BCUT2D eigenvalue weighted by Crippen LogP contribution is -2.38. The molecule has 0 spiro atoms. The fraction of sp³-hybridized carbons (Fsp3) is 0.500. The molecule has 17 heavy (non-hydrogen) atoms. The zero-order chi connectivity index (χ0) is 13.1. The van der Waals surface area contributed by atoms with Crippen molar-refractivity contribution < 1.29 is 10.0 Å². The van der Waals surface area contributed by atoms with Crippen molar-refractivity contribution in [3.05, 3.63) is 39.9 Å². The molecular formula is C12H18N2O3. The number of nitrogens with one attached hydrogen (secondary N) is 1. The minimum atomic E-state index is -0.879. The van der Waals surface area contributed by atoms with E-state index in [1.165, 1.54) is 6.07 Å². The molecule has 5 heteroatoms. The molecule has 1 rings (SSSR count). The Morgan fingerprint density at radius 2 is 2.00 bits per heavy atom. The van der Waals surface area contributed by atoms with Gasteiger partial charge in [-0.05, 0) is 26.8 Å². The molecule has 0 saturated carbocycles. The third-order valence-corrected chi connectivity index (χ3v) is 2.32. The number of β-amino-alcohol motifs (C(OH)–C–C–N with tert-alkyl or cyclic N) is 1. The first-order valence-corrected chi connectivity index (χ1v) is 5.47. The fourth-order valence-electron chi connectivity index (χ4n) is 1.45. The van der Waals surface area contributed by atoms with E-state index < -0.39 is 11.0 Å². The molecule has 0 bridgehead atoms. The molecule has 0 fully saturated rings. The van der Waals surface area contributed by atoms with Crippen LogP contribution >= 0.6 is 0 Å². The number of hydrogen-bond acceptors (Lipinski definition) is 4. The van der Waals surface area contributed by atoms with E-state index in [0.717, 1.165) is 0 Å². The van der Waals surface area contributed by atoms with E-state index in [2.05, 4.69) is 5.32 Å². The van der Waals surface area contributed by atoms with E-state index in [0.29, 0.717) is 5.56 Å². The normalized spacial score (nSPS) is 13.4. The minimum Gasteiger partial charge on any atom is -0.387 e. The van der Waals surface area contributed by atoms with Gasteiger partial charge >= 0.3 is 0 Å². The number of nitro benzene ring substituents is 1. The molecular weight excluding hydrogens is 220 g/mol. The van der Waals surface area contributed by atoms with Gasteiger partial charge in [0.05, 0.1) is 16.6 Å². The van der Waals surface area contributed by atoms with Gasteiger partial charge in [0.2, 0.25) is 0 Å². The number of para-hydroxylation sites is 1. The van der Waals surface area contributed by atoms with Gasteiger partial charge < -0.3 is 10.4 Å². The summed E-state index contributed by atoms with van der Waals surface area (Å²) < 4.78 is 0. The largest absolute Gasteiger partial charge is 0.387 e. The van der Waals surface area contributed by atoms with Crippen LogP contribution in [0.1, 0.15) is 32.4 Å². The molecule has 0 aliphatic heterocycles. The molecule has 0 heterocycles. The number of nitro groups is 1. The number of benzene rings is 1. The van der Waals surface area contributed by atoms with Crippen LogP contribution in [0.4, 0.5) is 5.69 Å². The fourth-order valence-corrected chi connectivity index (χ4v) is 1.45. The molecule has 94 valence electrons. The van der Waals surface area contributed by atoms with Gasteiger partial charge in [-0.3, -0.25) is 10.1 Å². The molecule has 0 radical (unpaired) electrons. The summed E-state index contributed by atoms with van der Waals surface area (Å²) in [5.74, 6) is 0. The summed E-state index contributed by atoms with van der Waals surface area (Å²) >= 11 is 0. The monoisotopic (exact) mass is 238 g/mol. The van der Waals surface area contributed by atoms with Crippen molar-refractivity contribution in [1.29, 1.82) is 0 Å². The summed E-state index contributed by atoms with van der Waals surface area (Å²) in [7, 11) is 0. The number of aliphatic hydroxyl groups excluding tert-OH is 1. The molecule has 2 N–H and O–H groups in total. The van der Waals surface area contributed by atoms with Gasteiger partial charge in [0, 0.05) is 18.2 Å². The SMILES string of the molecule is CC(C)(C)NCC(O)c1ccccc1[N+](=O)[O-]. The Bertz CT molecular complexity index is 399. The molecule has 1 aromatic carbocycles. The first-order chi connectivity index (χ1) is 7.81. The van der Waals surface area contributed by atoms with Crippen LogP contribution in [-0.4, -0.2) is 22.1 Å². The highest BCUT2D eigenvalue weighted by Crippen LogP contribution is 2.24. The lowest BCUT2D eigenvalue weighted by molar-refractivity contribution is -0.386. The van der Waals surface area contributed by atoms with Crippen LogP contribution in [0.5, 0.6) is 0 Å².